The molecule has 1 saturated heterocycles. The van der Waals surface area contributed by atoms with Gasteiger partial charge in [0.2, 0.25) is 0 Å². The van der Waals surface area contributed by atoms with Gasteiger partial charge in [-0.05, 0) is 32.3 Å². The number of likely N-dealkylation sites (N-methyl/N-ethyl adjacent to an activating group) is 1. The summed E-state index contributed by atoms with van der Waals surface area (Å²) in [5, 5.41) is 8.86. The van der Waals surface area contributed by atoms with Gasteiger partial charge in [-0.2, -0.15) is 5.26 Å². The Hall–Kier alpha value is -1.61. The van der Waals surface area contributed by atoms with E-state index in [9.17, 15) is 0 Å². The molecule has 2 rings (SSSR count). The van der Waals surface area contributed by atoms with Gasteiger partial charge in [-0.15, -0.1) is 0 Å². The van der Waals surface area contributed by atoms with E-state index < -0.39 is 0 Å². The van der Waals surface area contributed by atoms with Crippen molar-refractivity contribution in [2.75, 3.05) is 53.5 Å². The molecule has 1 aromatic carbocycles. The number of benzene rings is 1. The van der Waals surface area contributed by atoms with Crippen molar-refractivity contribution in [2.45, 2.75) is 6.10 Å². The van der Waals surface area contributed by atoms with Gasteiger partial charge in [-0.25, -0.2) is 0 Å². The van der Waals surface area contributed by atoms with Crippen LogP contribution >= 0.6 is 0 Å². The highest BCUT2D eigenvalue weighted by atomic mass is 16.5. The van der Waals surface area contributed by atoms with E-state index >= 15 is 0 Å². The quantitative estimate of drug-likeness (QED) is 0.787. The van der Waals surface area contributed by atoms with Gasteiger partial charge in [0.25, 0.3) is 0 Å². The molecule has 0 saturated carbocycles. The van der Waals surface area contributed by atoms with Crippen molar-refractivity contribution in [3.05, 3.63) is 29.8 Å². The molecule has 0 spiro atoms. The van der Waals surface area contributed by atoms with Crippen LogP contribution in [0, 0.1) is 11.3 Å². The van der Waals surface area contributed by atoms with Crippen LogP contribution in [-0.2, 0) is 4.74 Å². The molecule has 0 amide bonds. The van der Waals surface area contributed by atoms with E-state index in [2.05, 4.69) is 30.0 Å². The first kappa shape index (κ1) is 15.8. The highest BCUT2D eigenvalue weighted by Gasteiger charge is 2.20. The minimum absolute atomic E-state index is 0.274. The number of rotatable bonds is 6. The van der Waals surface area contributed by atoms with Gasteiger partial charge < -0.3 is 14.4 Å². The number of nitriles is 1. The summed E-state index contributed by atoms with van der Waals surface area (Å²) >= 11 is 0. The van der Waals surface area contributed by atoms with Gasteiger partial charge in [0.15, 0.2) is 0 Å². The Labute approximate surface area is 126 Å². The highest BCUT2D eigenvalue weighted by molar-refractivity contribution is 5.36. The van der Waals surface area contributed by atoms with Gasteiger partial charge in [0.1, 0.15) is 12.4 Å². The fourth-order valence-electron chi connectivity index (χ4n) is 2.45. The van der Waals surface area contributed by atoms with Crippen LogP contribution < -0.4 is 4.74 Å². The topological polar surface area (TPSA) is 48.7 Å². The molecule has 1 fully saturated rings. The molecule has 1 aromatic rings. The summed E-state index contributed by atoms with van der Waals surface area (Å²) in [7, 11) is 4.13. The third kappa shape index (κ3) is 5.35. The van der Waals surface area contributed by atoms with Crippen LogP contribution in [0.1, 0.15) is 5.56 Å². The Morgan fingerprint density at radius 1 is 1.48 bits per heavy atom. The molecule has 0 bridgehead atoms. The number of morpholine rings is 1. The number of hydrogen-bond donors (Lipinski definition) is 0. The van der Waals surface area contributed by atoms with Gasteiger partial charge in [0, 0.05) is 26.2 Å². The lowest BCUT2D eigenvalue weighted by Gasteiger charge is -2.34. The van der Waals surface area contributed by atoms with Crippen molar-refractivity contribution in [1.29, 1.82) is 5.26 Å². The van der Waals surface area contributed by atoms with E-state index in [0.717, 1.165) is 38.5 Å². The Morgan fingerprint density at radius 3 is 3.10 bits per heavy atom. The Kier molecular flexibility index (Phi) is 6.00. The zero-order chi connectivity index (χ0) is 15.1. The van der Waals surface area contributed by atoms with Gasteiger partial charge in [0.05, 0.1) is 24.3 Å². The van der Waals surface area contributed by atoms with Crippen molar-refractivity contribution in [2.24, 2.45) is 0 Å². The van der Waals surface area contributed by atoms with E-state index in [1.807, 2.05) is 12.1 Å². The summed E-state index contributed by atoms with van der Waals surface area (Å²) in [5.74, 6) is 0.757. The Balaban J connectivity index is 1.74. The highest BCUT2D eigenvalue weighted by Crippen LogP contribution is 2.13. The average Bonchev–Trinajstić information content (AvgIpc) is 2.47. The largest absolute Gasteiger partial charge is 0.492 e. The Morgan fingerprint density at radius 2 is 2.33 bits per heavy atom. The molecular formula is C16H23N3O2. The molecule has 5 heteroatoms. The summed E-state index contributed by atoms with van der Waals surface area (Å²) in [6.45, 7) is 5.13. The second-order valence-electron chi connectivity index (χ2n) is 5.54. The van der Waals surface area contributed by atoms with Crippen LogP contribution in [0.25, 0.3) is 0 Å². The number of ether oxygens (including phenoxy) is 2. The molecule has 1 aliphatic heterocycles. The number of hydrogen-bond acceptors (Lipinski definition) is 5. The van der Waals surface area contributed by atoms with Crippen molar-refractivity contribution in [3.63, 3.8) is 0 Å². The van der Waals surface area contributed by atoms with E-state index in [1.54, 1.807) is 12.1 Å². The third-order valence-electron chi connectivity index (χ3n) is 3.43. The summed E-state index contributed by atoms with van der Waals surface area (Å²) < 4.78 is 11.5. The minimum atomic E-state index is 0.274. The van der Waals surface area contributed by atoms with Crippen molar-refractivity contribution in [1.82, 2.24) is 9.80 Å². The lowest BCUT2D eigenvalue weighted by molar-refractivity contribution is -0.0405. The van der Waals surface area contributed by atoms with Crippen molar-refractivity contribution >= 4 is 0 Å². The summed E-state index contributed by atoms with van der Waals surface area (Å²) in [6, 6.07) is 9.40. The normalized spacial score (nSPS) is 19.4. The molecule has 114 valence electrons. The summed E-state index contributed by atoms with van der Waals surface area (Å²) in [6.07, 6.45) is 0.274. The van der Waals surface area contributed by atoms with Crippen LogP contribution in [0.5, 0.6) is 5.75 Å². The fourth-order valence-corrected chi connectivity index (χ4v) is 2.45. The zero-order valence-corrected chi connectivity index (χ0v) is 12.8. The fraction of sp³-hybridized carbons (Fsp3) is 0.562. The maximum atomic E-state index is 8.86. The van der Waals surface area contributed by atoms with Gasteiger partial charge in [-0.3, -0.25) is 4.90 Å². The predicted octanol–water partition coefficient (Wildman–Crippen LogP) is 1.20. The van der Waals surface area contributed by atoms with E-state index in [-0.39, 0.29) is 6.10 Å². The summed E-state index contributed by atoms with van der Waals surface area (Å²) in [4.78, 5) is 4.52. The number of nitrogens with zero attached hydrogens (tertiary/aromatic N) is 3. The van der Waals surface area contributed by atoms with Gasteiger partial charge >= 0.3 is 0 Å². The molecule has 0 radical (unpaired) electrons. The van der Waals surface area contributed by atoms with Crippen LogP contribution in [0.4, 0.5) is 0 Å². The van der Waals surface area contributed by atoms with Crippen LogP contribution in [0.15, 0.2) is 24.3 Å². The van der Waals surface area contributed by atoms with Gasteiger partial charge in [-0.1, -0.05) is 6.07 Å². The second-order valence-corrected chi connectivity index (χ2v) is 5.54. The lowest BCUT2D eigenvalue weighted by Crippen LogP contribution is -2.47. The second kappa shape index (κ2) is 7.99. The summed E-state index contributed by atoms with van der Waals surface area (Å²) in [5.41, 5.74) is 0.630. The molecule has 1 heterocycles. The standard InChI is InChI=1S/C16H23N3O2/c1-18(2)12-16-13-19(7-9-21-16)6-8-20-15-5-3-4-14(10-15)11-17/h3-5,10,16H,6-9,12-13H2,1-2H3. The predicted molar refractivity (Wildman–Crippen MR) is 81.4 cm³/mol. The maximum absolute atomic E-state index is 8.86. The molecule has 1 unspecified atom stereocenters. The molecule has 0 aliphatic carbocycles. The molecule has 1 atom stereocenters. The first-order valence-corrected chi connectivity index (χ1v) is 7.29. The molecular weight excluding hydrogens is 266 g/mol. The van der Waals surface area contributed by atoms with Crippen LogP contribution in [0.3, 0.4) is 0 Å². The van der Waals surface area contributed by atoms with Crippen LogP contribution in [-0.4, -0.2) is 69.4 Å². The monoisotopic (exact) mass is 289 g/mol. The zero-order valence-electron chi connectivity index (χ0n) is 12.8. The smallest absolute Gasteiger partial charge is 0.120 e. The Bertz CT molecular complexity index is 485. The lowest BCUT2D eigenvalue weighted by atomic mass is 10.2. The third-order valence-corrected chi connectivity index (χ3v) is 3.43. The SMILES string of the molecule is CN(C)CC1CN(CCOc2cccc(C#N)c2)CCO1. The average molecular weight is 289 g/mol. The first-order chi connectivity index (χ1) is 10.2. The molecule has 21 heavy (non-hydrogen) atoms. The molecule has 1 aliphatic rings. The molecule has 0 N–H and O–H groups in total. The minimum Gasteiger partial charge on any atom is -0.492 e. The van der Waals surface area contributed by atoms with E-state index in [4.69, 9.17) is 14.7 Å². The van der Waals surface area contributed by atoms with Crippen molar-refractivity contribution in [3.8, 4) is 11.8 Å². The van der Waals surface area contributed by atoms with Crippen LogP contribution in [0.2, 0.25) is 0 Å². The first-order valence-electron chi connectivity index (χ1n) is 7.29. The van der Waals surface area contributed by atoms with Crippen molar-refractivity contribution < 1.29 is 9.47 Å². The van der Waals surface area contributed by atoms with E-state index in [1.165, 1.54) is 0 Å². The van der Waals surface area contributed by atoms with E-state index in [0.29, 0.717) is 12.2 Å². The molecule has 0 aromatic heterocycles. The molecule has 5 nitrogen and oxygen atoms in total. The maximum Gasteiger partial charge on any atom is 0.120 e.